The molecule has 0 saturated heterocycles. The molecule has 0 radical (unpaired) electrons. The summed E-state index contributed by atoms with van der Waals surface area (Å²) in [6.07, 6.45) is 8.36. The first-order chi connectivity index (χ1) is 6.86. The highest BCUT2D eigenvalue weighted by atomic mass is 79.9. The van der Waals surface area contributed by atoms with Crippen molar-refractivity contribution >= 4 is 27.3 Å². The second-order valence-electron chi connectivity index (χ2n) is 2.61. The molecule has 5 heteroatoms. The standard InChI is InChI=1S/C9H7BrN4/c10-8-5-11-2-1-9(8)14-7-3-12-6-13-4-7/h1-6H,(H,11,14). The maximum Gasteiger partial charge on any atom is 0.115 e. The van der Waals surface area contributed by atoms with Crippen LogP contribution < -0.4 is 5.32 Å². The summed E-state index contributed by atoms with van der Waals surface area (Å²) < 4.78 is 0.906. The second kappa shape index (κ2) is 4.15. The third-order valence-electron chi connectivity index (χ3n) is 1.61. The molecule has 0 spiro atoms. The molecule has 0 atom stereocenters. The maximum absolute atomic E-state index is 3.97. The summed E-state index contributed by atoms with van der Waals surface area (Å²) in [6, 6.07) is 1.87. The van der Waals surface area contributed by atoms with E-state index < -0.39 is 0 Å². The van der Waals surface area contributed by atoms with Gasteiger partial charge in [0.25, 0.3) is 0 Å². The van der Waals surface area contributed by atoms with Crippen molar-refractivity contribution in [2.24, 2.45) is 0 Å². The van der Waals surface area contributed by atoms with Gasteiger partial charge in [-0.25, -0.2) is 9.97 Å². The van der Waals surface area contributed by atoms with Crippen LogP contribution in [0, 0.1) is 0 Å². The highest BCUT2D eigenvalue weighted by molar-refractivity contribution is 9.10. The van der Waals surface area contributed by atoms with Gasteiger partial charge in [-0.1, -0.05) is 0 Å². The van der Waals surface area contributed by atoms with Gasteiger partial charge in [0.1, 0.15) is 6.33 Å². The average Bonchev–Trinajstić information content (AvgIpc) is 2.23. The van der Waals surface area contributed by atoms with Gasteiger partial charge in [0.2, 0.25) is 0 Å². The molecular formula is C9H7BrN4. The van der Waals surface area contributed by atoms with Crippen LogP contribution in [0.15, 0.2) is 41.7 Å². The van der Waals surface area contributed by atoms with Crippen molar-refractivity contribution in [2.45, 2.75) is 0 Å². The van der Waals surface area contributed by atoms with Crippen LogP contribution in [0.4, 0.5) is 11.4 Å². The first kappa shape index (κ1) is 9.08. The molecule has 4 nitrogen and oxygen atoms in total. The normalized spacial score (nSPS) is 9.79. The lowest BCUT2D eigenvalue weighted by molar-refractivity contribution is 1.17. The topological polar surface area (TPSA) is 50.7 Å². The Kier molecular flexibility index (Phi) is 2.69. The molecule has 0 saturated carbocycles. The minimum Gasteiger partial charge on any atom is -0.352 e. The van der Waals surface area contributed by atoms with E-state index in [2.05, 4.69) is 36.2 Å². The number of nitrogens with zero attached hydrogens (tertiary/aromatic N) is 3. The number of halogens is 1. The predicted octanol–water partition coefficient (Wildman–Crippen LogP) is 2.38. The Balaban J connectivity index is 2.24. The fraction of sp³-hybridized carbons (Fsp3) is 0. The zero-order valence-electron chi connectivity index (χ0n) is 7.18. The summed E-state index contributed by atoms with van der Waals surface area (Å²) in [6.45, 7) is 0. The third kappa shape index (κ3) is 2.05. The summed E-state index contributed by atoms with van der Waals surface area (Å²) in [5.74, 6) is 0. The minimum absolute atomic E-state index is 0.847. The quantitative estimate of drug-likeness (QED) is 0.890. The monoisotopic (exact) mass is 250 g/mol. The predicted molar refractivity (Wildman–Crippen MR) is 57.3 cm³/mol. The SMILES string of the molecule is Brc1cnccc1Nc1cncnc1. The van der Waals surface area contributed by atoms with Crippen LogP contribution in [0.3, 0.4) is 0 Å². The van der Waals surface area contributed by atoms with Crippen molar-refractivity contribution in [2.75, 3.05) is 5.32 Å². The van der Waals surface area contributed by atoms with Crippen molar-refractivity contribution in [3.63, 3.8) is 0 Å². The van der Waals surface area contributed by atoms with Crippen LogP contribution in [0.25, 0.3) is 0 Å². The minimum atomic E-state index is 0.847. The highest BCUT2D eigenvalue weighted by Gasteiger charge is 1.98. The number of pyridine rings is 1. The molecule has 2 aromatic rings. The molecule has 1 N–H and O–H groups in total. The molecule has 0 amide bonds. The number of hydrogen-bond acceptors (Lipinski definition) is 4. The molecule has 2 heterocycles. The summed E-state index contributed by atoms with van der Waals surface area (Å²) in [4.78, 5) is 11.8. The van der Waals surface area contributed by atoms with Crippen LogP contribution in [0.5, 0.6) is 0 Å². The number of hydrogen-bond donors (Lipinski definition) is 1. The zero-order valence-corrected chi connectivity index (χ0v) is 8.77. The van der Waals surface area contributed by atoms with E-state index in [1.165, 1.54) is 6.33 Å². The first-order valence-corrected chi connectivity index (χ1v) is 4.77. The second-order valence-corrected chi connectivity index (χ2v) is 3.46. The fourth-order valence-electron chi connectivity index (χ4n) is 0.996. The Morgan fingerprint density at radius 2 is 1.86 bits per heavy atom. The molecule has 0 aliphatic heterocycles. The smallest absolute Gasteiger partial charge is 0.115 e. The van der Waals surface area contributed by atoms with Gasteiger partial charge in [-0.2, -0.15) is 0 Å². The summed E-state index contributed by atoms with van der Waals surface area (Å²) in [7, 11) is 0. The molecule has 2 aromatic heterocycles. The van der Waals surface area contributed by atoms with Crippen LogP contribution in [-0.2, 0) is 0 Å². The lowest BCUT2D eigenvalue weighted by Gasteiger charge is -2.05. The van der Waals surface area contributed by atoms with E-state index in [0.717, 1.165) is 15.8 Å². The summed E-state index contributed by atoms with van der Waals surface area (Å²) in [5, 5.41) is 3.16. The Morgan fingerprint density at radius 1 is 1.07 bits per heavy atom. The average molecular weight is 251 g/mol. The molecule has 70 valence electrons. The van der Waals surface area contributed by atoms with Crippen molar-refractivity contribution < 1.29 is 0 Å². The molecular weight excluding hydrogens is 244 g/mol. The van der Waals surface area contributed by atoms with Crippen LogP contribution in [0.1, 0.15) is 0 Å². The molecule has 0 bridgehead atoms. The van der Waals surface area contributed by atoms with Gasteiger partial charge in [0.15, 0.2) is 0 Å². The molecule has 0 unspecified atom stereocenters. The van der Waals surface area contributed by atoms with Crippen molar-refractivity contribution in [1.82, 2.24) is 15.0 Å². The van der Waals surface area contributed by atoms with Crippen LogP contribution in [-0.4, -0.2) is 15.0 Å². The Bertz CT molecular complexity index is 418. The van der Waals surface area contributed by atoms with Crippen molar-refractivity contribution in [3.8, 4) is 0 Å². The van der Waals surface area contributed by atoms with Gasteiger partial charge in [0, 0.05) is 12.4 Å². The molecule has 0 fully saturated rings. The first-order valence-electron chi connectivity index (χ1n) is 3.98. The van der Waals surface area contributed by atoms with Gasteiger partial charge >= 0.3 is 0 Å². The third-order valence-corrected chi connectivity index (χ3v) is 2.24. The molecule has 0 aromatic carbocycles. The zero-order chi connectivity index (χ0) is 9.80. The van der Waals surface area contributed by atoms with Gasteiger partial charge in [0.05, 0.1) is 28.2 Å². The largest absolute Gasteiger partial charge is 0.352 e. The van der Waals surface area contributed by atoms with Gasteiger partial charge < -0.3 is 5.32 Å². The Hall–Kier alpha value is -1.49. The number of aromatic nitrogens is 3. The van der Waals surface area contributed by atoms with E-state index >= 15 is 0 Å². The molecule has 0 aliphatic carbocycles. The number of anilines is 2. The molecule has 14 heavy (non-hydrogen) atoms. The lowest BCUT2D eigenvalue weighted by Crippen LogP contribution is -1.92. The Labute approximate surface area is 89.6 Å². The maximum atomic E-state index is 3.97. The number of rotatable bonds is 2. The summed E-state index contributed by atoms with van der Waals surface area (Å²) in [5.41, 5.74) is 1.79. The van der Waals surface area contributed by atoms with E-state index in [1.807, 2.05) is 6.07 Å². The van der Waals surface area contributed by atoms with Gasteiger partial charge in [-0.15, -0.1) is 0 Å². The van der Waals surface area contributed by atoms with Crippen LogP contribution >= 0.6 is 15.9 Å². The molecule has 0 aliphatic rings. The van der Waals surface area contributed by atoms with Crippen molar-refractivity contribution in [3.05, 3.63) is 41.7 Å². The van der Waals surface area contributed by atoms with E-state index in [-0.39, 0.29) is 0 Å². The Morgan fingerprint density at radius 3 is 2.57 bits per heavy atom. The van der Waals surface area contributed by atoms with Gasteiger partial charge in [-0.05, 0) is 22.0 Å². The van der Waals surface area contributed by atoms with Crippen molar-refractivity contribution in [1.29, 1.82) is 0 Å². The van der Waals surface area contributed by atoms with E-state index in [0.29, 0.717) is 0 Å². The summed E-state index contributed by atoms with van der Waals surface area (Å²) >= 11 is 3.39. The lowest BCUT2D eigenvalue weighted by atomic mass is 10.4. The number of nitrogens with one attached hydrogen (secondary N) is 1. The van der Waals surface area contributed by atoms with E-state index in [1.54, 1.807) is 24.8 Å². The van der Waals surface area contributed by atoms with E-state index in [4.69, 9.17) is 0 Å². The van der Waals surface area contributed by atoms with Crippen LogP contribution in [0.2, 0.25) is 0 Å². The highest BCUT2D eigenvalue weighted by Crippen LogP contribution is 2.23. The molecule has 2 rings (SSSR count). The van der Waals surface area contributed by atoms with Gasteiger partial charge in [-0.3, -0.25) is 4.98 Å². The fourth-order valence-corrected chi connectivity index (χ4v) is 1.35. The van der Waals surface area contributed by atoms with E-state index in [9.17, 15) is 0 Å².